The second-order valence-corrected chi connectivity index (χ2v) is 9.16. The van der Waals surface area contributed by atoms with Gasteiger partial charge in [0.05, 0.1) is 0 Å². The average Bonchev–Trinajstić information content (AvgIpc) is 2.67. The topological polar surface area (TPSA) is 0 Å². The highest BCUT2D eigenvalue weighted by molar-refractivity contribution is 5.32. The van der Waals surface area contributed by atoms with Crippen LogP contribution in [0, 0.1) is 5.92 Å². The summed E-state index contributed by atoms with van der Waals surface area (Å²) in [4.78, 5) is 0. The molecule has 0 saturated heterocycles. The van der Waals surface area contributed by atoms with E-state index >= 15 is 0 Å². The molecule has 0 amide bonds. The van der Waals surface area contributed by atoms with Crippen molar-refractivity contribution in [3.8, 4) is 0 Å². The first-order valence-electron chi connectivity index (χ1n) is 12.3. The molecule has 0 spiro atoms. The van der Waals surface area contributed by atoms with Gasteiger partial charge < -0.3 is 0 Å². The molecule has 1 unspecified atom stereocenters. The molecule has 160 valence electrons. The number of aryl methyl sites for hydroxylation is 5. The molecule has 0 radical (unpaired) electrons. The van der Waals surface area contributed by atoms with Crippen LogP contribution in [0.25, 0.3) is 0 Å². The maximum Gasteiger partial charge on any atom is -0.0253 e. The van der Waals surface area contributed by atoms with Gasteiger partial charge >= 0.3 is 0 Å². The van der Waals surface area contributed by atoms with E-state index in [4.69, 9.17) is 0 Å². The van der Waals surface area contributed by atoms with Gasteiger partial charge in [-0.2, -0.15) is 0 Å². The van der Waals surface area contributed by atoms with Crippen LogP contribution in [-0.2, 0) is 38.5 Å². The summed E-state index contributed by atoms with van der Waals surface area (Å²) >= 11 is 0. The lowest BCUT2D eigenvalue weighted by atomic mass is 9.90. The largest absolute Gasteiger partial charge is 0.0651 e. The predicted molar refractivity (Wildman–Crippen MR) is 130 cm³/mol. The normalized spacial score (nSPS) is 12.3. The zero-order valence-electron chi connectivity index (χ0n) is 19.8. The summed E-state index contributed by atoms with van der Waals surface area (Å²) in [5.74, 6) is 0.728. The fourth-order valence-electron chi connectivity index (χ4n) is 4.59. The van der Waals surface area contributed by atoms with Gasteiger partial charge in [0.1, 0.15) is 0 Å². The Hall–Kier alpha value is -1.56. The van der Waals surface area contributed by atoms with Crippen LogP contribution in [0.4, 0.5) is 0 Å². The second-order valence-electron chi connectivity index (χ2n) is 9.16. The van der Waals surface area contributed by atoms with E-state index in [0.717, 1.165) is 5.92 Å². The molecule has 0 aliphatic heterocycles. The van der Waals surface area contributed by atoms with Gasteiger partial charge in [-0.25, -0.2) is 0 Å². The molecule has 0 aliphatic carbocycles. The van der Waals surface area contributed by atoms with Crippen molar-refractivity contribution in [1.29, 1.82) is 0 Å². The Kier molecular flexibility index (Phi) is 10.5. The molecular formula is C29H44. The molecule has 0 N–H and O–H groups in total. The Morgan fingerprint density at radius 1 is 0.483 bits per heavy atom. The van der Waals surface area contributed by atoms with Gasteiger partial charge in [-0.3, -0.25) is 0 Å². The minimum absolute atomic E-state index is 0.728. The van der Waals surface area contributed by atoms with E-state index in [9.17, 15) is 0 Å². The summed E-state index contributed by atoms with van der Waals surface area (Å²) in [6, 6.07) is 14.8. The summed E-state index contributed by atoms with van der Waals surface area (Å²) in [6.45, 7) is 11.6. The van der Waals surface area contributed by atoms with E-state index in [0.29, 0.717) is 0 Å². The Labute approximate surface area is 181 Å². The lowest BCUT2D eigenvalue weighted by Gasteiger charge is -2.15. The first kappa shape index (κ1) is 23.7. The van der Waals surface area contributed by atoms with E-state index in [1.54, 1.807) is 11.1 Å². The molecule has 0 saturated carbocycles. The van der Waals surface area contributed by atoms with E-state index < -0.39 is 0 Å². The van der Waals surface area contributed by atoms with Gasteiger partial charge in [0.15, 0.2) is 0 Å². The minimum Gasteiger partial charge on any atom is -0.0651 e. The third kappa shape index (κ3) is 8.37. The first-order valence-corrected chi connectivity index (χ1v) is 12.3. The molecule has 0 bridgehead atoms. The Bertz CT molecular complexity index is 676. The molecule has 1 atom stereocenters. The second kappa shape index (κ2) is 12.9. The highest BCUT2D eigenvalue weighted by atomic mass is 14.1. The number of benzene rings is 2. The van der Waals surface area contributed by atoms with Gasteiger partial charge in [-0.1, -0.05) is 96.7 Å². The van der Waals surface area contributed by atoms with Crippen LogP contribution in [0.3, 0.4) is 0 Å². The molecule has 29 heavy (non-hydrogen) atoms. The fraction of sp³-hybridized carbons (Fsp3) is 0.586. The maximum absolute atomic E-state index is 2.47. The zero-order chi connectivity index (χ0) is 21.1. The SMILES string of the molecule is CCCc1cc(CCC)cc(CCC(C)Cc2cc(CCC)cc(CCC)c2)c1. The number of hydrogen-bond acceptors (Lipinski definition) is 0. The predicted octanol–water partition coefficient (Wildman–Crippen LogP) is 8.31. The smallest absolute Gasteiger partial charge is 0.0253 e. The van der Waals surface area contributed by atoms with E-state index in [-0.39, 0.29) is 0 Å². The lowest BCUT2D eigenvalue weighted by Crippen LogP contribution is -2.04. The van der Waals surface area contributed by atoms with Crippen LogP contribution in [-0.4, -0.2) is 0 Å². The lowest BCUT2D eigenvalue weighted by molar-refractivity contribution is 0.529. The average molecular weight is 393 g/mol. The van der Waals surface area contributed by atoms with Gasteiger partial charge in [-0.15, -0.1) is 0 Å². The number of hydrogen-bond donors (Lipinski definition) is 0. The standard InChI is InChI=1S/C29H44/c1-6-10-24-17-25(11-7-2)20-28(19-24)15-14-23(5)16-29-21-26(12-8-3)18-27(22-29)13-9-4/h17-23H,6-16H2,1-5H3. The van der Waals surface area contributed by atoms with Crippen LogP contribution in [0.2, 0.25) is 0 Å². The third-order valence-electron chi connectivity index (χ3n) is 5.89. The Morgan fingerprint density at radius 3 is 1.14 bits per heavy atom. The third-order valence-corrected chi connectivity index (χ3v) is 5.89. The van der Waals surface area contributed by atoms with E-state index in [1.807, 2.05) is 0 Å². The fourth-order valence-corrected chi connectivity index (χ4v) is 4.59. The van der Waals surface area contributed by atoms with Gasteiger partial charge in [-0.05, 0) is 84.2 Å². The summed E-state index contributed by atoms with van der Waals surface area (Å²) in [5.41, 5.74) is 9.26. The highest BCUT2D eigenvalue weighted by Gasteiger charge is 2.09. The quantitative estimate of drug-likeness (QED) is 0.321. The molecule has 2 aromatic carbocycles. The molecule has 0 nitrogen and oxygen atoms in total. The Balaban J connectivity index is 2.03. The van der Waals surface area contributed by atoms with Crippen LogP contribution in [0.5, 0.6) is 0 Å². The van der Waals surface area contributed by atoms with E-state index in [2.05, 4.69) is 71.0 Å². The van der Waals surface area contributed by atoms with Crippen molar-refractivity contribution >= 4 is 0 Å². The summed E-state index contributed by atoms with van der Waals surface area (Å²) in [7, 11) is 0. The molecule has 0 heterocycles. The highest BCUT2D eigenvalue weighted by Crippen LogP contribution is 2.21. The molecule has 2 aromatic rings. The molecule has 0 heteroatoms. The molecule has 2 rings (SSSR count). The van der Waals surface area contributed by atoms with Crippen LogP contribution in [0.1, 0.15) is 100 Å². The van der Waals surface area contributed by atoms with Crippen molar-refractivity contribution < 1.29 is 0 Å². The number of rotatable bonds is 13. The van der Waals surface area contributed by atoms with Gasteiger partial charge in [0.25, 0.3) is 0 Å². The molecule has 0 aliphatic rings. The van der Waals surface area contributed by atoms with Gasteiger partial charge in [0.2, 0.25) is 0 Å². The summed E-state index contributed by atoms with van der Waals surface area (Å²) < 4.78 is 0. The summed E-state index contributed by atoms with van der Waals surface area (Å²) in [6.07, 6.45) is 13.5. The Morgan fingerprint density at radius 2 is 0.793 bits per heavy atom. The van der Waals surface area contributed by atoms with E-state index in [1.165, 1.54) is 92.9 Å². The van der Waals surface area contributed by atoms with Gasteiger partial charge in [0, 0.05) is 0 Å². The monoisotopic (exact) mass is 392 g/mol. The van der Waals surface area contributed by atoms with Crippen molar-refractivity contribution in [1.82, 2.24) is 0 Å². The zero-order valence-corrected chi connectivity index (χ0v) is 19.8. The van der Waals surface area contributed by atoms with Crippen LogP contribution in [0.15, 0.2) is 36.4 Å². The van der Waals surface area contributed by atoms with Crippen molar-refractivity contribution in [3.63, 3.8) is 0 Å². The van der Waals surface area contributed by atoms with Crippen LogP contribution < -0.4 is 0 Å². The maximum atomic E-state index is 2.47. The van der Waals surface area contributed by atoms with Crippen molar-refractivity contribution in [2.45, 2.75) is 105 Å². The van der Waals surface area contributed by atoms with Crippen molar-refractivity contribution in [3.05, 3.63) is 69.8 Å². The van der Waals surface area contributed by atoms with Crippen LogP contribution >= 0.6 is 0 Å². The first-order chi connectivity index (χ1) is 14.1. The minimum atomic E-state index is 0.728. The van der Waals surface area contributed by atoms with Crippen molar-refractivity contribution in [2.24, 2.45) is 5.92 Å². The molecule has 0 fully saturated rings. The molecular weight excluding hydrogens is 348 g/mol. The summed E-state index contributed by atoms with van der Waals surface area (Å²) in [5, 5.41) is 0. The molecule has 0 aromatic heterocycles. The van der Waals surface area contributed by atoms with Crippen molar-refractivity contribution in [2.75, 3.05) is 0 Å².